The summed E-state index contributed by atoms with van der Waals surface area (Å²) < 4.78 is 9.71. The summed E-state index contributed by atoms with van der Waals surface area (Å²) in [4.78, 5) is 0. The first-order valence-corrected chi connectivity index (χ1v) is 23.5. The molecule has 1 nitrogen and oxygen atoms in total. The molecule has 2 rings (SSSR count). The van der Waals surface area contributed by atoms with Crippen LogP contribution in [-0.2, 0) is 0 Å². The van der Waals surface area contributed by atoms with E-state index < -0.39 is 39.5 Å². The Hall–Kier alpha value is -0.00260. The van der Waals surface area contributed by atoms with E-state index in [9.17, 15) is 0 Å². The molecule has 174 valence electrons. The van der Waals surface area contributed by atoms with Gasteiger partial charge in [-0.2, -0.15) is 0 Å². The van der Waals surface area contributed by atoms with Crippen LogP contribution < -0.4 is 7.16 Å². The molecule has 0 aliphatic rings. The third-order valence-corrected chi connectivity index (χ3v) is 23.2. The van der Waals surface area contributed by atoms with E-state index in [2.05, 4.69) is 88.4 Å². The molecule has 31 heavy (non-hydrogen) atoms. The summed E-state index contributed by atoms with van der Waals surface area (Å²) in [5.41, 5.74) is 0. The second kappa shape index (κ2) is 21.8. The SMILES string of the molecule is CCC[CH2][Sn]([CH2]CCC)[c]1ccccc1.CCC[CH2][Sn]([CH2]CCC)[c]1ccccc1.O. The summed E-state index contributed by atoms with van der Waals surface area (Å²) in [6.45, 7) is 9.24. The van der Waals surface area contributed by atoms with Crippen LogP contribution in [0.1, 0.15) is 79.1 Å². The van der Waals surface area contributed by atoms with Gasteiger partial charge in [-0.3, -0.25) is 0 Å². The largest absolute Gasteiger partial charge is 0.412 e. The molecule has 0 aromatic heterocycles. The Labute approximate surface area is 208 Å². The number of hydrogen-bond donors (Lipinski definition) is 0. The summed E-state index contributed by atoms with van der Waals surface area (Å²) >= 11 is -2.44. The molecule has 0 heterocycles. The Morgan fingerprint density at radius 2 is 0.710 bits per heavy atom. The molecule has 0 aliphatic heterocycles. The quantitative estimate of drug-likeness (QED) is 0.197. The number of unbranched alkanes of at least 4 members (excludes halogenated alkanes) is 4. The Morgan fingerprint density at radius 3 is 0.935 bits per heavy atom. The Kier molecular flexibility index (Phi) is 21.8. The minimum absolute atomic E-state index is 0. The van der Waals surface area contributed by atoms with Crippen molar-refractivity contribution in [3.8, 4) is 0 Å². The average Bonchev–Trinajstić information content (AvgIpc) is 2.81. The fourth-order valence-corrected chi connectivity index (χ4v) is 21.2. The van der Waals surface area contributed by atoms with Crippen molar-refractivity contribution in [3.63, 3.8) is 0 Å². The summed E-state index contributed by atoms with van der Waals surface area (Å²) in [6.07, 6.45) is 11.3. The minimum atomic E-state index is -1.22. The molecule has 0 fully saturated rings. The third kappa shape index (κ3) is 14.7. The molecule has 0 saturated carbocycles. The summed E-state index contributed by atoms with van der Waals surface area (Å²) in [6, 6.07) is 22.7. The molecule has 2 aromatic carbocycles. The zero-order chi connectivity index (χ0) is 21.9. The topological polar surface area (TPSA) is 31.5 Å². The maximum Gasteiger partial charge on any atom is -0.412 e. The molecule has 2 N–H and O–H groups in total. The average molecular weight is 638 g/mol. The zero-order valence-electron chi connectivity index (χ0n) is 20.8. The van der Waals surface area contributed by atoms with Gasteiger partial charge in [-0.15, -0.1) is 0 Å². The normalized spacial score (nSPS) is 10.5. The first-order chi connectivity index (χ1) is 14.8. The van der Waals surface area contributed by atoms with E-state index in [1.54, 1.807) is 24.9 Å². The third-order valence-electron chi connectivity index (χ3n) is 5.69. The summed E-state index contributed by atoms with van der Waals surface area (Å²) in [5.74, 6) is 0. The van der Waals surface area contributed by atoms with Crippen molar-refractivity contribution in [2.45, 2.75) is 96.8 Å². The van der Waals surface area contributed by atoms with Crippen molar-refractivity contribution in [1.82, 2.24) is 0 Å². The van der Waals surface area contributed by atoms with E-state index in [-0.39, 0.29) is 5.48 Å². The van der Waals surface area contributed by atoms with Crippen molar-refractivity contribution in [1.29, 1.82) is 0 Å². The van der Waals surface area contributed by atoms with Gasteiger partial charge in [0, 0.05) is 0 Å². The van der Waals surface area contributed by atoms with Crippen LogP contribution in [-0.4, -0.2) is 45.0 Å². The second-order valence-electron chi connectivity index (χ2n) is 8.35. The van der Waals surface area contributed by atoms with Crippen molar-refractivity contribution in [3.05, 3.63) is 60.7 Å². The monoisotopic (exact) mass is 640 g/mol. The fraction of sp³-hybridized carbons (Fsp3) is 0.571. The molecule has 3 heteroatoms. The van der Waals surface area contributed by atoms with E-state index in [1.165, 1.54) is 51.4 Å². The molecule has 0 aliphatic carbocycles. The van der Waals surface area contributed by atoms with Crippen LogP contribution in [0.25, 0.3) is 0 Å². The van der Waals surface area contributed by atoms with Crippen molar-refractivity contribution in [2.75, 3.05) is 0 Å². The van der Waals surface area contributed by atoms with Crippen LogP contribution in [0.2, 0.25) is 17.7 Å². The van der Waals surface area contributed by atoms with E-state index in [0.717, 1.165) is 0 Å². The van der Waals surface area contributed by atoms with E-state index in [1.807, 2.05) is 0 Å². The zero-order valence-corrected chi connectivity index (χ0v) is 26.5. The van der Waals surface area contributed by atoms with Crippen LogP contribution in [0.5, 0.6) is 0 Å². The van der Waals surface area contributed by atoms with Gasteiger partial charge in [0.05, 0.1) is 0 Å². The smallest absolute Gasteiger partial charge is 0.412 e. The van der Waals surface area contributed by atoms with Gasteiger partial charge >= 0.3 is 204 Å². The van der Waals surface area contributed by atoms with Crippen LogP contribution in [0, 0.1) is 0 Å². The van der Waals surface area contributed by atoms with Gasteiger partial charge < -0.3 is 5.48 Å². The van der Waals surface area contributed by atoms with E-state index in [4.69, 9.17) is 0 Å². The second-order valence-corrected chi connectivity index (χ2v) is 24.2. The number of hydrogen-bond acceptors (Lipinski definition) is 0. The maximum atomic E-state index is 2.38. The molecule has 2 radical (unpaired) electrons. The molecule has 0 bridgehead atoms. The van der Waals surface area contributed by atoms with Crippen LogP contribution in [0.3, 0.4) is 0 Å². The number of benzene rings is 2. The van der Waals surface area contributed by atoms with Crippen LogP contribution >= 0.6 is 0 Å². The molecule has 0 spiro atoms. The predicted octanol–water partition coefficient (Wildman–Crippen LogP) is 7.15. The van der Waals surface area contributed by atoms with Crippen LogP contribution in [0.15, 0.2) is 60.7 Å². The van der Waals surface area contributed by atoms with Crippen LogP contribution in [0.4, 0.5) is 0 Å². The Bertz CT molecular complexity index is 531. The molecule has 0 unspecified atom stereocenters. The predicted molar refractivity (Wildman–Crippen MR) is 146 cm³/mol. The Balaban J connectivity index is 0.000000562. The van der Waals surface area contributed by atoms with Gasteiger partial charge in [-0.1, -0.05) is 0 Å². The van der Waals surface area contributed by atoms with E-state index in [0.29, 0.717) is 0 Å². The summed E-state index contributed by atoms with van der Waals surface area (Å²) in [7, 11) is 0. The summed E-state index contributed by atoms with van der Waals surface area (Å²) in [5, 5.41) is 0. The first-order valence-electron chi connectivity index (χ1n) is 12.6. The van der Waals surface area contributed by atoms with Crippen molar-refractivity contribution >= 4 is 46.7 Å². The molecular formula is C28H48OSn2. The Morgan fingerprint density at radius 1 is 0.452 bits per heavy atom. The fourth-order valence-electron chi connectivity index (χ4n) is 3.74. The molecular weight excluding hydrogens is 590 g/mol. The van der Waals surface area contributed by atoms with E-state index >= 15 is 0 Å². The van der Waals surface area contributed by atoms with Gasteiger partial charge in [0.15, 0.2) is 0 Å². The maximum absolute atomic E-state index is 2.38. The van der Waals surface area contributed by atoms with Gasteiger partial charge in [0.25, 0.3) is 0 Å². The van der Waals surface area contributed by atoms with Gasteiger partial charge in [-0.05, 0) is 0 Å². The molecule has 0 amide bonds. The minimum Gasteiger partial charge on any atom is -0.412 e. The molecule has 0 atom stereocenters. The van der Waals surface area contributed by atoms with Gasteiger partial charge in [0.2, 0.25) is 0 Å². The van der Waals surface area contributed by atoms with Gasteiger partial charge in [-0.25, -0.2) is 0 Å². The van der Waals surface area contributed by atoms with Crippen molar-refractivity contribution < 1.29 is 5.48 Å². The first kappa shape index (κ1) is 31.0. The molecule has 2 aromatic rings. The van der Waals surface area contributed by atoms with Gasteiger partial charge in [0.1, 0.15) is 0 Å². The number of rotatable bonds is 14. The standard InChI is InChI=1S/2C6H5.4C4H9.H2O.2Sn/c2*1-2-4-6-5-3-1;4*1-3-4-2;;;/h2*1-5H;4*1,3-4H2,2H3;1H2;;. The molecule has 0 saturated heterocycles. The van der Waals surface area contributed by atoms with Crippen molar-refractivity contribution in [2.24, 2.45) is 0 Å².